The van der Waals surface area contributed by atoms with Gasteiger partial charge in [-0.25, -0.2) is 8.78 Å². The van der Waals surface area contributed by atoms with Gasteiger partial charge in [-0.15, -0.1) is 12.6 Å². The van der Waals surface area contributed by atoms with E-state index in [0.717, 1.165) is 0 Å². The van der Waals surface area contributed by atoms with Crippen LogP contribution in [-0.2, 0) is 5.41 Å². The van der Waals surface area contributed by atoms with Gasteiger partial charge in [-0.2, -0.15) is 0 Å². The van der Waals surface area contributed by atoms with E-state index in [1.807, 2.05) is 0 Å². The molecule has 0 aliphatic carbocycles. The first-order valence-electron chi connectivity index (χ1n) is 4.01. The Kier molecular flexibility index (Phi) is 2.66. The Balaban J connectivity index is 3.38. The molecular formula is C10H12F2S. The largest absolute Gasteiger partial charge is 0.207 e. The Bertz CT molecular complexity index is 303. The van der Waals surface area contributed by atoms with Crippen LogP contribution in [0.15, 0.2) is 17.0 Å². The maximum absolute atomic E-state index is 13.3. The maximum Gasteiger partial charge on any atom is 0.130 e. The lowest BCUT2D eigenvalue weighted by Gasteiger charge is -2.20. The third-order valence-corrected chi connectivity index (χ3v) is 2.04. The van der Waals surface area contributed by atoms with Crippen LogP contribution < -0.4 is 0 Å². The fourth-order valence-electron chi connectivity index (χ4n) is 1.28. The van der Waals surface area contributed by atoms with Crippen LogP contribution in [0.3, 0.4) is 0 Å². The van der Waals surface area contributed by atoms with E-state index in [4.69, 9.17) is 0 Å². The van der Waals surface area contributed by atoms with Crippen molar-refractivity contribution in [2.45, 2.75) is 31.1 Å². The van der Waals surface area contributed by atoms with Crippen LogP contribution in [-0.4, -0.2) is 0 Å². The summed E-state index contributed by atoms with van der Waals surface area (Å²) in [5.41, 5.74) is -0.402. The van der Waals surface area contributed by atoms with Gasteiger partial charge in [-0.1, -0.05) is 20.8 Å². The molecule has 0 N–H and O–H groups in total. The van der Waals surface area contributed by atoms with Crippen molar-refractivity contribution in [1.29, 1.82) is 0 Å². The summed E-state index contributed by atoms with van der Waals surface area (Å²) in [6.45, 7) is 5.31. The van der Waals surface area contributed by atoms with Crippen LogP contribution in [0.5, 0.6) is 0 Å². The molecule has 13 heavy (non-hydrogen) atoms. The molecule has 0 nitrogen and oxygen atoms in total. The van der Waals surface area contributed by atoms with Crippen LogP contribution in [0, 0.1) is 11.6 Å². The first-order chi connectivity index (χ1) is 5.82. The Morgan fingerprint density at radius 1 is 1.08 bits per heavy atom. The topological polar surface area (TPSA) is 0 Å². The Morgan fingerprint density at radius 2 is 1.46 bits per heavy atom. The van der Waals surface area contributed by atoms with Crippen LogP contribution >= 0.6 is 12.6 Å². The quantitative estimate of drug-likeness (QED) is 0.611. The molecule has 0 unspecified atom stereocenters. The van der Waals surface area contributed by atoms with Crippen LogP contribution in [0.25, 0.3) is 0 Å². The highest BCUT2D eigenvalue weighted by Gasteiger charge is 2.23. The molecule has 0 fully saturated rings. The average Bonchev–Trinajstić information content (AvgIpc) is 1.78. The van der Waals surface area contributed by atoms with Crippen molar-refractivity contribution >= 4 is 12.6 Å². The van der Waals surface area contributed by atoms with Gasteiger partial charge in [-0.3, -0.25) is 0 Å². The van der Waals surface area contributed by atoms with Gasteiger partial charge >= 0.3 is 0 Å². The maximum atomic E-state index is 13.3. The predicted molar refractivity (Wildman–Crippen MR) is 52.3 cm³/mol. The summed E-state index contributed by atoms with van der Waals surface area (Å²) in [4.78, 5) is 0.308. The second-order valence-electron chi connectivity index (χ2n) is 4.03. The molecule has 0 atom stereocenters. The van der Waals surface area contributed by atoms with Gasteiger partial charge in [0.15, 0.2) is 0 Å². The van der Waals surface area contributed by atoms with Gasteiger partial charge in [0.1, 0.15) is 11.6 Å². The number of benzene rings is 1. The molecule has 0 saturated carbocycles. The van der Waals surface area contributed by atoms with Crippen molar-refractivity contribution in [2.24, 2.45) is 0 Å². The summed E-state index contributed by atoms with van der Waals surface area (Å²) in [6, 6.07) is 2.46. The highest BCUT2D eigenvalue weighted by Crippen LogP contribution is 2.29. The van der Waals surface area contributed by atoms with Gasteiger partial charge in [0.2, 0.25) is 0 Å². The fourth-order valence-corrected chi connectivity index (χ4v) is 1.50. The van der Waals surface area contributed by atoms with E-state index in [2.05, 4.69) is 12.6 Å². The smallest absolute Gasteiger partial charge is 0.130 e. The zero-order valence-electron chi connectivity index (χ0n) is 7.86. The molecule has 0 radical (unpaired) electrons. The number of hydrogen-bond donors (Lipinski definition) is 1. The zero-order chi connectivity index (χ0) is 10.2. The van der Waals surface area contributed by atoms with Crippen molar-refractivity contribution in [1.82, 2.24) is 0 Å². The van der Waals surface area contributed by atoms with Crippen LogP contribution in [0.1, 0.15) is 26.3 Å². The number of thiol groups is 1. The molecular weight excluding hydrogens is 190 g/mol. The van der Waals surface area contributed by atoms with Gasteiger partial charge in [0.25, 0.3) is 0 Å². The normalized spacial score (nSPS) is 11.8. The van der Waals surface area contributed by atoms with Crippen molar-refractivity contribution in [3.63, 3.8) is 0 Å². The Morgan fingerprint density at radius 3 is 1.77 bits per heavy atom. The first-order valence-corrected chi connectivity index (χ1v) is 4.45. The predicted octanol–water partition coefficient (Wildman–Crippen LogP) is 3.55. The molecule has 1 rings (SSSR count). The molecule has 0 spiro atoms. The van der Waals surface area contributed by atoms with Gasteiger partial charge in [0.05, 0.1) is 0 Å². The molecule has 0 bridgehead atoms. The van der Waals surface area contributed by atoms with E-state index in [0.29, 0.717) is 4.90 Å². The minimum absolute atomic E-state index is 0.116. The van der Waals surface area contributed by atoms with Gasteiger partial charge in [-0.05, 0) is 17.5 Å². The fraction of sp³-hybridized carbons (Fsp3) is 0.400. The van der Waals surface area contributed by atoms with E-state index in [1.165, 1.54) is 12.1 Å². The summed E-state index contributed by atoms with van der Waals surface area (Å²) in [5, 5.41) is 0. The average molecular weight is 202 g/mol. The van der Waals surface area contributed by atoms with Gasteiger partial charge < -0.3 is 0 Å². The van der Waals surface area contributed by atoms with E-state index in [1.54, 1.807) is 20.8 Å². The SMILES string of the molecule is CC(C)(C)c1c(F)cc(S)cc1F. The molecule has 3 heteroatoms. The van der Waals surface area contributed by atoms with Gasteiger partial charge in [0, 0.05) is 10.5 Å². The monoisotopic (exact) mass is 202 g/mol. The van der Waals surface area contributed by atoms with Crippen molar-refractivity contribution in [3.05, 3.63) is 29.3 Å². The summed E-state index contributed by atoms with van der Waals surface area (Å²) in [6.07, 6.45) is 0. The molecule has 1 aromatic carbocycles. The second kappa shape index (κ2) is 3.29. The summed E-state index contributed by atoms with van der Waals surface area (Å²) < 4.78 is 26.6. The van der Waals surface area contributed by atoms with E-state index in [-0.39, 0.29) is 5.56 Å². The molecule has 0 heterocycles. The van der Waals surface area contributed by atoms with Crippen LogP contribution in [0.2, 0.25) is 0 Å². The van der Waals surface area contributed by atoms with Crippen molar-refractivity contribution in [3.8, 4) is 0 Å². The van der Waals surface area contributed by atoms with Crippen LogP contribution in [0.4, 0.5) is 8.78 Å². The summed E-state index contributed by atoms with van der Waals surface area (Å²) >= 11 is 3.89. The number of rotatable bonds is 0. The molecule has 72 valence electrons. The Labute approximate surface area is 82.4 Å². The lowest BCUT2D eigenvalue weighted by atomic mass is 9.86. The van der Waals surface area contributed by atoms with Crippen molar-refractivity contribution < 1.29 is 8.78 Å². The Hall–Kier alpha value is -0.570. The molecule has 0 aromatic heterocycles. The number of halogens is 2. The minimum atomic E-state index is -0.530. The van der Waals surface area contributed by atoms with Crippen molar-refractivity contribution in [2.75, 3.05) is 0 Å². The number of hydrogen-bond acceptors (Lipinski definition) is 1. The summed E-state index contributed by atoms with van der Waals surface area (Å²) in [5.74, 6) is -1.06. The first kappa shape index (κ1) is 10.5. The van der Waals surface area contributed by atoms with E-state index < -0.39 is 17.0 Å². The summed E-state index contributed by atoms with van der Waals surface area (Å²) in [7, 11) is 0. The molecule has 0 saturated heterocycles. The third-order valence-electron chi connectivity index (χ3n) is 1.78. The molecule has 0 amide bonds. The molecule has 1 aromatic rings. The highest BCUT2D eigenvalue weighted by atomic mass is 32.1. The molecule has 0 aliphatic rings. The van der Waals surface area contributed by atoms with E-state index in [9.17, 15) is 8.78 Å². The highest BCUT2D eigenvalue weighted by molar-refractivity contribution is 7.80. The standard InChI is InChI=1S/C10H12F2S/c1-10(2,3)9-7(11)4-6(13)5-8(9)12/h4-5,13H,1-3H3. The third kappa shape index (κ3) is 2.21. The lowest BCUT2D eigenvalue weighted by molar-refractivity contribution is 0.472. The zero-order valence-corrected chi connectivity index (χ0v) is 8.75. The lowest BCUT2D eigenvalue weighted by Crippen LogP contribution is -2.16. The van der Waals surface area contributed by atoms with E-state index >= 15 is 0 Å². The second-order valence-corrected chi connectivity index (χ2v) is 4.55. The minimum Gasteiger partial charge on any atom is -0.207 e. The molecule has 0 aliphatic heterocycles.